The van der Waals surface area contributed by atoms with Gasteiger partial charge in [-0.05, 0) is 17.7 Å². The molecule has 8 heteroatoms. The zero-order chi connectivity index (χ0) is 12.8. The fraction of sp³-hybridized carbons (Fsp3) is 0.462. The molecule has 6 nitrogen and oxygen atoms in total. The Hall–Kier alpha value is -0.406. The van der Waals surface area contributed by atoms with Crippen molar-refractivity contribution in [2.75, 3.05) is 39.4 Å². The summed E-state index contributed by atoms with van der Waals surface area (Å²) in [6, 6.07) is 5.08. The van der Waals surface area contributed by atoms with Crippen LogP contribution < -0.4 is 5.11 Å². The molecule has 0 atom stereocenters. The summed E-state index contributed by atoms with van der Waals surface area (Å²) in [4.78, 5) is 6.63. The number of hydrogen-bond acceptors (Lipinski definition) is 4. The molecule has 1 heterocycles. The Bertz CT molecular complexity index is 429. The van der Waals surface area contributed by atoms with Crippen LogP contribution >= 0.6 is 15.9 Å². The maximum Gasteiger partial charge on any atom is 0.0594 e. The minimum atomic E-state index is 0. The second-order valence-electron chi connectivity index (χ2n) is 4.17. The minimum absolute atomic E-state index is 0. The number of morpholine rings is 1. The molecule has 1 aromatic rings. The average molecular weight is 395 g/mol. The predicted molar refractivity (Wildman–Crippen MR) is 74.7 cm³/mol. The molecule has 21 heavy (non-hydrogen) atoms. The van der Waals surface area contributed by atoms with Gasteiger partial charge in [-0.2, -0.15) is 0 Å². The molecule has 1 radical (unpaired) electrons. The minimum Gasteiger partial charge on any atom is -2.00 e. The van der Waals surface area contributed by atoms with Crippen molar-refractivity contribution in [2.45, 2.75) is 0 Å². The van der Waals surface area contributed by atoms with E-state index >= 15 is 0 Å². The van der Waals surface area contributed by atoms with Gasteiger partial charge in [0, 0.05) is 48.9 Å². The molecule has 2 rings (SSSR count). The second kappa shape index (κ2) is 12.2. The summed E-state index contributed by atoms with van der Waals surface area (Å²) in [5, 5.41) is 11.5. The fourth-order valence-electron chi connectivity index (χ4n) is 1.81. The first-order chi connectivity index (χ1) is 8.75. The molecule has 1 aliphatic heterocycles. The number of aliphatic imine (C=N–C) groups is 1. The van der Waals surface area contributed by atoms with Gasteiger partial charge in [0.05, 0.1) is 19.8 Å². The SMILES string of the molecule is [O-2].[O-2].[O-]c1ccc(Br)cc1C=NCCN1CCOCC1.[V]. The Morgan fingerprint density at radius 2 is 1.95 bits per heavy atom. The van der Waals surface area contributed by atoms with E-state index in [4.69, 9.17) is 4.74 Å². The summed E-state index contributed by atoms with van der Waals surface area (Å²) in [5.41, 5.74) is 0.631. The summed E-state index contributed by atoms with van der Waals surface area (Å²) in [6.45, 7) is 5.19. The van der Waals surface area contributed by atoms with Crippen LogP contribution in [-0.2, 0) is 34.2 Å². The number of ether oxygens (including phenoxy) is 1. The molecule has 0 aromatic heterocycles. The summed E-state index contributed by atoms with van der Waals surface area (Å²) in [5.74, 6) is 0.00771. The average Bonchev–Trinajstić information content (AvgIpc) is 2.40. The molecule has 0 spiro atoms. The molecular weight excluding hydrogens is 379 g/mol. The molecule has 1 aliphatic rings. The van der Waals surface area contributed by atoms with E-state index in [1.807, 2.05) is 0 Å². The van der Waals surface area contributed by atoms with Crippen LogP contribution in [0.15, 0.2) is 27.7 Å². The van der Waals surface area contributed by atoms with E-state index < -0.39 is 0 Å². The van der Waals surface area contributed by atoms with Gasteiger partial charge in [-0.1, -0.05) is 27.7 Å². The third-order valence-corrected chi connectivity index (χ3v) is 3.34. The van der Waals surface area contributed by atoms with E-state index in [2.05, 4.69) is 25.8 Å². The predicted octanol–water partition coefficient (Wildman–Crippen LogP) is 1.03. The smallest absolute Gasteiger partial charge is 0.0594 e. The second-order valence-corrected chi connectivity index (χ2v) is 5.09. The van der Waals surface area contributed by atoms with Crippen LogP contribution in [0.2, 0.25) is 0 Å². The van der Waals surface area contributed by atoms with Crippen LogP contribution in [-0.4, -0.2) is 50.5 Å². The van der Waals surface area contributed by atoms with E-state index in [1.165, 1.54) is 0 Å². The van der Waals surface area contributed by atoms with Gasteiger partial charge in [-0.25, -0.2) is 0 Å². The van der Waals surface area contributed by atoms with E-state index in [-0.39, 0.29) is 35.3 Å². The topological polar surface area (TPSA) is 105 Å². The molecular formula is C13H16BrN2O4V-5. The van der Waals surface area contributed by atoms with E-state index in [1.54, 1.807) is 24.4 Å². The maximum atomic E-state index is 11.5. The van der Waals surface area contributed by atoms with Crippen molar-refractivity contribution in [2.24, 2.45) is 4.99 Å². The van der Waals surface area contributed by atoms with Crippen LogP contribution in [0, 0.1) is 0 Å². The molecule has 119 valence electrons. The third-order valence-electron chi connectivity index (χ3n) is 2.85. The molecule has 0 bridgehead atoms. The van der Waals surface area contributed by atoms with Gasteiger partial charge >= 0.3 is 0 Å². The van der Waals surface area contributed by atoms with Crippen molar-refractivity contribution in [3.05, 3.63) is 28.2 Å². The fourth-order valence-corrected chi connectivity index (χ4v) is 2.19. The number of hydrogen-bond donors (Lipinski definition) is 0. The molecule has 0 saturated carbocycles. The normalized spacial score (nSPS) is 14.9. The first-order valence-electron chi connectivity index (χ1n) is 6.02. The van der Waals surface area contributed by atoms with Crippen molar-refractivity contribution < 1.29 is 39.4 Å². The maximum absolute atomic E-state index is 11.5. The summed E-state index contributed by atoms with van der Waals surface area (Å²) >= 11 is 3.35. The van der Waals surface area contributed by atoms with Crippen LogP contribution in [0.25, 0.3) is 0 Å². The molecule has 0 aliphatic carbocycles. The zero-order valence-corrected chi connectivity index (χ0v) is 14.4. The van der Waals surface area contributed by atoms with Gasteiger partial charge < -0.3 is 20.8 Å². The van der Waals surface area contributed by atoms with Crippen molar-refractivity contribution in [1.82, 2.24) is 4.90 Å². The standard InChI is InChI=1S/C13H17BrN2O2.2O.V/c14-12-1-2-13(17)11(9-12)10-15-3-4-16-5-7-18-8-6-16;;;/h1-2,9-10,17H,3-8H2;;;/q;2*-2;/p-1. The zero-order valence-electron chi connectivity index (χ0n) is 11.4. The Labute approximate surface area is 144 Å². The van der Waals surface area contributed by atoms with Gasteiger partial charge in [0.25, 0.3) is 0 Å². The quantitative estimate of drug-likeness (QED) is 0.712. The Kier molecular flexibility index (Phi) is 13.3. The van der Waals surface area contributed by atoms with Crippen molar-refractivity contribution in [3.8, 4) is 5.75 Å². The first kappa shape index (κ1) is 22.9. The monoisotopic (exact) mass is 394 g/mol. The molecule has 1 fully saturated rings. The Balaban J connectivity index is 0. The van der Waals surface area contributed by atoms with Gasteiger partial charge in [0.1, 0.15) is 0 Å². The molecule has 1 saturated heterocycles. The van der Waals surface area contributed by atoms with E-state index in [0.717, 1.165) is 37.3 Å². The van der Waals surface area contributed by atoms with Crippen molar-refractivity contribution in [1.29, 1.82) is 0 Å². The number of halogens is 1. The third kappa shape index (κ3) is 7.97. The Morgan fingerprint density at radius 3 is 2.62 bits per heavy atom. The van der Waals surface area contributed by atoms with Gasteiger partial charge in [0.15, 0.2) is 0 Å². The molecule has 0 unspecified atom stereocenters. The first-order valence-corrected chi connectivity index (χ1v) is 6.81. The Morgan fingerprint density at radius 1 is 1.29 bits per heavy atom. The van der Waals surface area contributed by atoms with Gasteiger partial charge in [-0.15, -0.1) is 0 Å². The van der Waals surface area contributed by atoms with Crippen LogP contribution in [0.1, 0.15) is 5.56 Å². The largest absolute Gasteiger partial charge is 2.00 e. The molecule has 0 N–H and O–H groups in total. The van der Waals surface area contributed by atoms with Crippen LogP contribution in [0.3, 0.4) is 0 Å². The molecule has 1 aromatic carbocycles. The van der Waals surface area contributed by atoms with Crippen LogP contribution in [0.5, 0.6) is 5.75 Å². The van der Waals surface area contributed by atoms with Gasteiger partial charge in [0.2, 0.25) is 0 Å². The van der Waals surface area contributed by atoms with Crippen molar-refractivity contribution in [3.63, 3.8) is 0 Å². The van der Waals surface area contributed by atoms with Gasteiger partial charge in [-0.3, -0.25) is 9.89 Å². The van der Waals surface area contributed by atoms with Crippen molar-refractivity contribution >= 4 is 22.1 Å². The van der Waals surface area contributed by atoms with Crippen LogP contribution in [0.4, 0.5) is 0 Å². The summed E-state index contributed by atoms with van der Waals surface area (Å²) < 4.78 is 6.18. The number of rotatable bonds is 4. The summed E-state index contributed by atoms with van der Waals surface area (Å²) in [6.07, 6.45) is 1.66. The van der Waals surface area contributed by atoms with E-state index in [0.29, 0.717) is 12.1 Å². The molecule has 0 amide bonds. The number of benzene rings is 1. The van der Waals surface area contributed by atoms with E-state index in [9.17, 15) is 5.11 Å². The summed E-state index contributed by atoms with van der Waals surface area (Å²) in [7, 11) is 0. The number of nitrogens with zero attached hydrogens (tertiary/aromatic N) is 2.